The van der Waals surface area contributed by atoms with Crippen LogP contribution < -0.4 is 10.9 Å². The van der Waals surface area contributed by atoms with E-state index in [-0.39, 0.29) is 17.5 Å². The molecule has 2 aromatic rings. The number of nitrogens with zero attached hydrogens (tertiary/aromatic N) is 1. The minimum absolute atomic E-state index is 0.0482. The molecular weight excluding hydrogens is 334 g/mol. The second kappa shape index (κ2) is 7.12. The van der Waals surface area contributed by atoms with Crippen molar-refractivity contribution in [2.75, 3.05) is 0 Å². The van der Waals surface area contributed by atoms with Crippen LogP contribution in [0.15, 0.2) is 22.3 Å². The number of hydrogen-bond donors (Lipinski definition) is 2. The average Bonchev–Trinajstić information content (AvgIpc) is 3.13. The van der Waals surface area contributed by atoms with Crippen LogP contribution in [0, 0.1) is 0 Å². The van der Waals surface area contributed by atoms with Crippen LogP contribution in [0.25, 0.3) is 0 Å². The number of amides is 1. The number of carbonyl (C=O) groups excluding carboxylic acids is 1. The number of carbonyl (C=O) groups is 1. The van der Waals surface area contributed by atoms with Crippen LogP contribution in [0.1, 0.15) is 83.7 Å². The summed E-state index contributed by atoms with van der Waals surface area (Å²) in [5.74, 6) is 0.420. The Labute approximate surface area is 150 Å². The van der Waals surface area contributed by atoms with E-state index in [1.807, 2.05) is 11.4 Å². The summed E-state index contributed by atoms with van der Waals surface area (Å²) in [6.07, 6.45) is 8.95. The Morgan fingerprint density at radius 2 is 2.00 bits per heavy atom. The molecule has 0 spiro atoms. The Balaban J connectivity index is 1.48. The van der Waals surface area contributed by atoms with E-state index in [0.29, 0.717) is 11.6 Å². The van der Waals surface area contributed by atoms with Gasteiger partial charge in [-0.3, -0.25) is 9.59 Å². The van der Waals surface area contributed by atoms with E-state index in [2.05, 4.69) is 15.3 Å². The molecule has 5 nitrogen and oxygen atoms in total. The van der Waals surface area contributed by atoms with E-state index in [1.54, 1.807) is 11.3 Å². The summed E-state index contributed by atoms with van der Waals surface area (Å²) in [6.45, 7) is 0. The number of aromatic nitrogens is 2. The molecule has 0 saturated heterocycles. The van der Waals surface area contributed by atoms with E-state index >= 15 is 0 Å². The van der Waals surface area contributed by atoms with Crippen molar-refractivity contribution in [3.8, 4) is 0 Å². The topological polar surface area (TPSA) is 74.8 Å². The Kier molecular flexibility index (Phi) is 4.70. The molecule has 1 amide bonds. The summed E-state index contributed by atoms with van der Waals surface area (Å²) in [5.41, 5.74) is 2.43. The average molecular weight is 357 g/mol. The molecule has 1 unspecified atom stereocenters. The lowest BCUT2D eigenvalue weighted by Gasteiger charge is -2.25. The molecule has 132 valence electrons. The predicted molar refractivity (Wildman–Crippen MR) is 98.1 cm³/mol. The highest BCUT2D eigenvalue weighted by Gasteiger charge is 2.25. The fourth-order valence-corrected chi connectivity index (χ4v) is 4.98. The molecule has 1 atom stereocenters. The fraction of sp³-hybridized carbons (Fsp3) is 0.526. The van der Waals surface area contributed by atoms with Gasteiger partial charge in [0.05, 0.1) is 11.0 Å². The summed E-state index contributed by atoms with van der Waals surface area (Å²) in [4.78, 5) is 31.7. The number of aryl methyl sites for hydroxylation is 1. The highest BCUT2D eigenvalue weighted by Crippen LogP contribution is 2.34. The van der Waals surface area contributed by atoms with Gasteiger partial charge in [-0.05, 0) is 43.7 Å². The van der Waals surface area contributed by atoms with Crippen molar-refractivity contribution in [2.45, 2.75) is 63.3 Å². The number of hydrogen-bond acceptors (Lipinski definition) is 4. The van der Waals surface area contributed by atoms with E-state index in [4.69, 9.17) is 0 Å². The van der Waals surface area contributed by atoms with E-state index in [1.165, 1.54) is 38.2 Å². The summed E-state index contributed by atoms with van der Waals surface area (Å²) < 4.78 is 0. The molecule has 2 heterocycles. The minimum atomic E-state index is -0.109. The van der Waals surface area contributed by atoms with Gasteiger partial charge in [-0.2, -0.15) is 0 Å². The third-order valence-corrected chi connectivity index (χ3v) is 6.35. The van der Waals surface area contributed by atoms with Gasteiger partial charge in [-0.15, -0.1) is 11.3 Å². The molecule has 6 heteroatoms. The van der Waals surface area contributed by atoms with E-state index in [0.717, 1.165) is 35.5 Å². The molecule has 0 aromatic carbocycles. The van der Waals surface area contributed by atoms with E-state index in [9.17, 15) is 9.59 Å². The predicted octanol–water partition coefficient (Wildman–Crippen LogP) is 3.69. The second-order valence-corrected chi connectivity index (χ2v) is 7.97. The van der Waals surface area contributed by atoms with Crippen LogP contribution in [-0.2, 0) is 6.42 Å². The smallest absolute Gasteiger partial charge is 0.271 e. The zero-order valence-electron chi connectivity index (χ0n) is 14.2. The Bertz CT molecular complexity index is 820. The highest BCUT2D eigenvalue weighted by molar-refractivity contribution is 7.09. The number of pyridine rings is 1. The van der Waals surface area contributed by atoms with Crippen LogP contribution >= 0.6 is 11.3 Å². The molecule has 0 bridgehead atoms. The third-order valence-electron chi connectivity index (χ3n) is 5.35. The van der Waals surface area contributed by atoms with Crippen LogP contribution in [0.3, 0.4) is 0 Å². The number of aromatic amines is 1. The van der Waals surface area contributed by atoms with Gasteiger partial charge < -0.3 is 10.3 Å². The van der Waals surface area contributed by atoms with Gasteiger partial charge >= 0.3 is 0 Å². The lowest BCUT2D eigenvalue weighted by atomic mass is 9.90. The van der Waals surface area contributed by atoms with Crippen LogP contribution in [-0.4, -0.2) is 15.9 Å². The number of rotatable bonds is 3. The molecule has 2 aliphatic carbocycles. The lowest BCUT2D eigenvalue weighted by Crippen LogP contribution is -2.32. The normalized spacial score (nSPS) is 20.9. The van der Waals surface area contributed by atoms with Crippen molar-refractivity contribution in [2.24, 2.45) is 0 Å². The lowest BCUT2D eigenvalue weighted by molar-refractivity contribution is 0.0928. The fourth-order valence-electron chi connectivity index (χ4n) is 4.01. The molecule has 4 rings (SSSR count). The molecule has 2 aliphatic rings. The largest absolute Gasteiger partial charge is 0.344 e. The number of thiazole rings is 1. The molecule has 2 N–H and O–H groups in total. The maximum atomic E-state index is 12.6. The standard InChI is InChI=1S/C19H23N3O2S/c23-17-10-9-13-14(20-17)7-4-8-15(13)21-18(24)16-11-25-19(22-16)12-5-2-1-3-6-12/h9-12,15H,1-8H2,(H,20,23)(H,21,24). The van der Waals surface area contributed by atoms with Gasteiger partial charge in [0.15, 0.2) is 0 Å². The molecule has 1 saturated carbocycles. The van der Waals surface area contributed by atoms with E-state index < -0.39 is 0 Å². The summed E-state index contributed by atoms with van der Waals surface area (Å²) in [6, 6.07) is 3.33. The summed E-state index contributed by atoms with van der Waals surface area (Å²) >= 11 is 1.61. The van der Waals surface area contributed by atoms with Gasteiger partial charge in [0, 0.05) is 23.1 Å². The first-order valence-electron chi connectivity index (χ1n) is 9.19. The first-order valence-corrected chi connectivity index (χ1v) is 10.1. The third kappa shape index (κ3) is 3.54. The minimum Gasteiger partial charge on any atom is -0.344 e. The molecule has 0 aliphatic heterocycles. The maximum absolute atomic E-state index is 12.6. The van der Waals surface area contributed by atoms with Crippen LogP contribution in [0.5, 0.6) is 0 Å². The van der Waals surface area contributed by atoms with Gasteiger partial charge in [0.25, 0.3) is 5.91 Å². The first-order chi connectivity index (χ1) is 12.2. The van der Waals surface area contributed by atoms with Crippen LogP contribution in [0.4, 0.5) is 0 Å². The molecule has 25 heavy (non-hydrogen) atoms. The van der Waals surface area contributed by atoms with Gasteiger partial charge in [0.1, 0.15) is 5.69 Å². The Hall–Kier alpha value is -1.95. The van der Waals surface area contributed by atoms with Crippen molar-refractivity contribution >= 4 is 17.2 Å². The molecular formula is C19H23N3O2S. The SMILES string of the molecule is O=C(NC1CCCc2[nH]c(=O)ccc21)c1csc(C2CCCCC2)n1. The summed E-state index contributed by atoms with van der Waals surface area (Å²) in [7, 11) is 0. The van der Waals surface area contributed by atoms with Crippen molar-refractivity contribution in [3.63, 3.8) is 0 Å². The highest BCUT2D eigenvalue weighted by atomic mass is 32.1. The number of nitrogens with one attached hydrogen (secondary N) is 2. The quantitative estimate of drug-likeness (QED) is 0.880. The number of H-pyrrole nitrogens is 1. The monoisotopic (exact) mass is 357 g/mol. The molecule has 2 aromatic heterocycles. The Morgan fingerprint density at radius 1 is 1.16 bits per heavy atom. The zero-order chi connectivity index (χ0) is 17.2. The van der Waals surface area contributed by atoms with Crippen molar-refractivity contribution in [1.29, 1.82) is 0 Å². The van der Waals surface area contributed by atoms with Gasteiger partial charge in [-0.25, -0.2) is 4.98 Å². The van der Waals surface area contributed by atoms with Crippen molar-refractivity contribution in [3.05, 3.63) is 49.8 Å². The van der Waals surface area contributed by atoms with Crippen molar-refractivity contribution < 1.29 is 4.79 Å². The zero-order valence-corrected chi connectivity index (χ0v) is 15.0. The van der Waals surface area contributed by atoms with Crippen molar-refractivity contribution in [1.82, 2.24) is 15.3 Å². The molecule has 1 fully saturated rings. The van der Waals surface area contributed by atoms with Gasteiger partial charge in [-0.1, -0.05) is 19.3 Å². The maximum Gasteiger partial charge on any atom is 0.271 e. The Morgan fingerprint density at radius 3 is 2.84 bits per heavy atom. The summed E-state index contributed by atoms with van der Waals surface area (Å²) in [5, 5.41) is 6.10. The first kappa shape index (κ1) is 16.5. The number of fused-ring (bicyclic) bond motifs is 1. The van der Waals surface area contributed by atoms with Crippen LogP contribution in [0.2, 0.25) is 0 Å². The second-order valence-electron chi connectivity index (χ2n) is 7.08. The molecule has 0 radical (unpaired) electrons. The van der Waals surface area contributed by atoms with Gasteiger partial charge in [0.2, 0.25) is 5.56 Å².